The second-order valence-electron chi connectivity index (χ2n) is 9.49. The van der Waals surface area contributed by atoms with Crippen molar-refractivity contribution in [2.24, 2.45) is 11.1 Å². The molecule has 1 aromatic carbocycles. The molecule has 200 valence electrons. The maximum Gasteiger partial charge on any atom is 0.271 e. The van der Waals surface area contributed by atoms with Gasteiger partial charge in [-0.3, -0.25) is 14.2 Å². The van der Waals surface area contributed by atoms with Gasteiger partial charge in [0.05, 0.1) is 16.9 Å². The number of nitrogens with two attached hydrogens (primary N) is 2. The standard InChI is InChI=1S/C24H27ClN8O3S2/c1-24(12-26)5-7-32(8-6-24)15-11-28-21(18(27)30-15)38-14-4-2-3-13(17(14)25)29-19(34)16-20(35)31-23-33(22(16)36)9-10-37-23/h2-4,11,35H,5-10,12,26H2,1H3,(H2,27,30)(H,29,34). The molecule has 1 fully saturated rings. The van der Waals surface area contributed by atoms with E-state index in [1.54, 1.807) is 24.4 Å². The van der Waals surface area contributed by atoms with E-state index in [0.717, 1.165) is 25.9 Å². The number of carbonyl (C=O) groups excluding carboxylic acids is 1. The van der Waals surface area contributed by atoms with Gasteiger partial charge in [-0.05, 0) is 36.9 Å². The first-order valence-corrected chi connectivity index (χ1v) is 14.2. The Morgan fingerprint density at radius 3 is 2.76 bits per heavy atom. The van der Waals surface area contributed by atoms with Crippen LogP contribution in [0.15, 0.2) is 44.3 Å². The molecule has 14 heteroatoms. The molecule has 0 aliphatic carbocycles. The summed E-state index contributed by atoms with van der Waals surface area (Å²) in [6.07, 6.45) is 3.64. The molecule has 4 heterocycles. The molecule has 2 aromatic heterocycles. The molecular weight excluding hydrogens is 548 g/mol. The van der Waals surface area contributed by atoms with Gasteiger partial charge < -0.3 is 26.8 Å². The highest BCUT2D eigenvalue weighted by molar-refractivity contribution is 7.99. The van der Waals surface area contributed by atoms with Crippen LogP contribution in [-0.2, 0) is 6.54 Å². The van der Waals surface area contributed by atoms with E-state index in [0.29, 0.717) is 39.7 Å². The van der Waals surface area contributed by atoms with Gasteiger partial charge in [0.15, 0.2) is 16.5 Å². The van der Waals surface area contributed by atoms with Crippen molar-refractivity contribution in [3.8, 4) is 5.88 Å². The fourth-order valence-corrected chi connectivity index (χ4v) is 6.36. The Hall–Kier alpha value is -3.00. The maximum absolute atomic E-state index is 12.9. The number of nitrogens with one attached hydrogen (secondary N) is 1. The van der Waals surface area contributed by atoms with Gasteiger partial charge in [0.2, 0.25) is 5.88 Å². The summed E-state index contributed by atoms with van der Waals surface area (Å²) in [4.78, 5) is 41.5. The lowest BCUT2D eigenvalue weighted by molar-refractivity contribution is 0.102. The van der Waals surface area contributed by atoms with Crippen LogP contribution in [0.25, 0.3) is 0 Å². The number of nitrogens with zero attached hydrogens (tertiary/aromatic N) is 5. The average Bonchev–Trinajstić information content (AvgIpc) is 3.37. The number of aromatic hydroxyl groups is 1. The molecule has 11 nitrogen and oxygen atoms in total. The summed E-state index contributed by atoms with van der Waals surface area (Å²) in [5.74, 6) is 0.221. The third kappa shape index (κ3) is 5.15. The van der Waals surface area contributed by atoms with Gasteiger partial charge in [-0.2, -0.15) is 4.98 Å². The largest absolute Gasteiger partial charge is 0.493 e. The minimum atomic E-state index is -0.799. The number of anilines is 3. The molecule has 0 spiro atoms. The Kier molecular flexibility index (Phi) is 7.45. The van der Waals surface area contributed by atoms with E-state index in [4.69, 9.17) is 23.1 Å². The Labute approximate surface area is 232 Å². The van der Waals surface area contributed by atoms with E-state index in [9.17, 15) is 14.7 Å². The first kappa shape index (κ1) is 26.6. The number of hydrogen-bond acceptors (Lipinski definition) is 11. The van der Waals surface area contributed by atoms with E-state index in [2.05, 4.69) is 32.1 Å². The molecule has 0 atom stereocenters. The van der Waals surface area contributed by atoms with Crippen molar-refractivity contribution in [3.63, 3.8) is 0 Å². The number of halogens is 1. The van der Waals surface area contributed by atoms with Crippen molar-refractivity contribution in [1.29, 1.82) is 0 Å². The third-order valence-corrected chi connectivity index (χ3v) is 9.39. The second kappa shape index (κ2) is 10.6. The van der Waals surface area contributed by atoms with E-state index in [1.807, 2.05) is 0 Å². The summed E-state index contributed by atoms with van der Waals surface area (Å²) in [7, 11) is 0. The zero-order chi connectivity index (χ0) is 27.0. The summed E-state index contributed by atoms with van der Waals surface area (Å²) in [5.41, 5.74) is 11.6. The minimum absolute atomic E-state index is 0.144. The number of amides is 1. The number of thioether (sulfide) groups is 1. The normalized spacial score (nSPS) is 16.3. The molecule has 38 heavy (non-hydrogen) atoms. The fourth-order valence-electron chi connectivity index (χ4n) is 4.33. The molecule has 2 aliphatic rings. The van der Waals surface area contributed by atoms with Crippen LogP contribution in [0.5, 0.6) is 5.88 Å². The van der Waals surface area contributed by atoms with Gasteiger partial charge in [-0.25, -0.2) is 9.97 Å². The first-order valence-electron chi connectivity index (χ1n) is 12.0. The molecule has 0 radical (unpaired) electrons. The quantitative estimate of drug-likeness (QED) is 0.320. The number of benzene rings is 1. The van der Waals surface area contributed by atoms with Crippen LogP contribution in [0.1, 0.15) is 30.1 Å². The Bertz CT molecular complexity index is 1460. The summed E-state index contributed by atoms with van der Waals surface area (Å²) in [6, 6.07) is 5.06. The summed E-state index contributed by atoms with van der Waals surface area (Å²) < 4.78 is 1.37. The highest BCUT2D eigenvalue weighted by Gasteiger charge is 2.30. The predicted molar refractivity (Wildman–Crippen MR) is 149 cm³/mol. The Morgan fingerprint density at radius 2 is 2.05 bits per heavy atom. The molecule has 0 unspecified atom stereocenters. The number of rotatable bonds is 6. The lowest BCUT2D eigenvalue weighted by atomic mass is 9.80. The zero-order valence-electron chi connectivity index (χ0n) is 20.6. The molecule has 0 saturated carbocycles. The molecule has 3 aromatic rings. The zero-order valence-corrected chi connectivity index (χ0v) is 23.0. The van der Waals surface area contributed by atoms with Crippen molar-refractivity contribution < 1.29 is 9.90 Å². The van der Waals surface area contributed by atoms with Crippen LogP contribution in [0.4, 0.5) is 17.3 Å². The van der Waals surface area contributed by atoms with Gasteiger partial charge >= 0.3 is 0 Å². The summed E-state index contributed by atoms with van der Waals surface area (Å²) in [6.45, 7) is 4.95. The predicted octanol–water partition coefficient (Wildman–Crippen LogP) is 3.05. The lowest BCUT2D eigenvalue weighted by Gasteiger charge is -2.39. The summed E-state index contributed by atoms with van der Waals surface area (Å²) >= 11 is 9.16. The van der Waals surface area contributed by atoms with Crippen molar-refractivity contribution in [1.82, 2.24) is 19.5 Å². The second-order valence-corrected chi connectivity index (χ2v) is 12.0. The van der Waals surface area contributed by atoms with Gasteiger partial charge in [-0.15, -0.1) is 0 Å². The fraction of sp³-hybridized carbons (Fsp3) is 0.375. The van der Waals surface area contributed by atoms with Gasteiger partial charge in [0, 0.05) is 30.3 Å². The smallest absolute Gasteiger partial charge is 0.271 e. The Morgan fingerprint density at radius 1 is 1.29 bits per heavy atom. The number of nitrogen functional groups attached to an aromatic ring is 1. The van der Waals surface area contributed by atoms with Crippen LogP contribution in [0.3, 0.4) is 0 Å². The lowest BCUT2D eigenvalue weighted by Crippen LogP contribution is -2.42. The van der Waals surface area contributed by atoms with Crippen LogP contribution >= 0.6 is 35.1 Å². The van der Waals surface area contributed by atoms with Crippen molar-refractivity contribution >= 4 is 58.4 Å². The molecule has 6 N–H and O–H groups in total. The van der Waals surface area contributed by atoms with Crippen molar-refractivity contribution in [2.45, 2.75) is 41.4 Å². The van der Waals surface area contributed by atoms with Crippen molar-refractivity contribution in [3.05, 3.63) is 45.3 Å². The molecule has 1 saturated heterocycles. The van der Waals surface area contributed by atoms with Gasteiger partial charge in [0.1, 0.15) is 10.8 Å². The van der Waals surface area contributed by atoms with Crippen LogP contribution in [0, 0.1) is 5.41 Å². The van der Waals surface area contributed by atoms with Crippen LogP contribution in [0.2, 0.25) is 5.02 Å². The van der Waals surface area contributed by atoms with E-state index in [1.165, 1.54) is 28.1 Å². The molecular formula is C24H27ClN8O3S2. The monoisotopic (exact) mass is 574 g/mol. The third-order valence-electron chi connectivity index (χ3n) is 6.85. The highest BCUT2D eigenvalue weighted by atomic mass is 35.5. The SMILES string of the molecule is CC1(CN)CCN(c2cnc(Sc3cccc(NC(=O)c4c(O)nc5n(c4=O)CCS5)c3Cl)c(N)n2)CC1. The van der Waals surface area contributed by atoms with E-state index in [-0.39, 0.29) is 21.9 Å². The molecule has 1 amide bonds. The number of hydrogen-bond donors (Lipinski definition) is 4. The number of aromatic nitrogens is 4. The highest BCUT2D eigenvalue weighted by Crippen LogP contribution is 2.39. The van der Waals surface area contributed by atoms with Gasteiger partial charge in [0.25, 0.3) is 11.5 Å². The van der Waals surface area contributed by atoms with E-state index < -0.39 is 22.9 Å². The number of piperidine rings is 1. The first-order chi connectivity index (χ1) is 18.2. The maximum atomic E-state index is 12.9. The van der Waals surface area contributed by atoms with Gasteiger partial charge in [-0.1, -0.05) is 48.1 Å². The summed E-state index contributed by atoms with van der Waals surface area (Å²) in [5, 5.41) is 13.9. The van der Waals surface area contributed by atoms with Crippen LogP contribution in [-0.4, -0.2) is 55.9 Å². The molecule has 2 aliphatic heterocycles. The average molecular weight is 575 g/mol. The van der Waals surface area contributed by atoms with Crippen LogP contribution < -0.4 is 27.2 Å². The Balaban J connectivity index is 1.32. The topological polar surface area (TPSA) is 165 Å². The van der Waals surface area contributed by atoms with Crippen molar-refractivity contribution in [2.75, 3.05) is 41.3 Å². The molecule has 0 bridgehead atoms. The minimum Gasteiger partial charge on any atom is -0.493 e. The molecule has 5 rings (SSSR count). The number of fused-ring (bicyclic) bond motifs is 1. The number of carbonyl (C=O) groups is 1. The van der Waals surface area contributed by atoms with E-state index >= 15 is 0 Å².